The molecule has 4 heterocycles. The molecular weight excluding hydrogens is 346 g/mol. The molecule has 3 aromatic rings. The molecule has 0 aliphatic carbocycles. The third kappa shape index (κ3) is 1.91. The zero-order valence-electron chi connectivity index (χ0n) is 12.2. The van der Waals surface area contributed by atoms with Gasteiger partial charge in [-0.2, -0.15) is 5.10 Å². The van der Waals surface area contributed by atoms with Gasteiger partial charge in [0.05, 0.1) is 18.1 Å². The largest absolute Gasteiger partial charge is 0.277 e. The molecule has 0 radical (unpaired) electrons. The zero-order valence-corrected chi connectivity index (χ0v) is 13.8. The first kappa shape index (κ1) is 14.0. The highest BCUT2D eigenvalue weighted by atomic mass is 35.5. The molecule has 24 heavy (non-hydrogen) atoms. The SMILES string of the molecule is O=C1C2Sc3ncc4cn[nH]c4c3C2N=CN1c1ccc(Cl)cc1. The van der Waals surface area contributed by atoms with Gasteiger partial charge in [-0.15, -0.1) is 0 Å². The number of carbonyl (C=O) groups is 1. The fourth-order valence-electron chi connectivity index (χ4n) is 3.08. The smallest absolute Gasteiger partial charge is 0.248 e. The molecule has 0 saturated carbocycles. The topological polar surface area (TPSA) is 74.2 Å². The molecule has 1 amide bonds. The summed E-state index contributed by atoms with van der Waals surface area (Å²) in [6.07, 6.45) is 5.10. The fourth-order valence-corrected chi connectivity index (χ4v) is 4.46. The van der Waals surface area contributed by atoms with Crippen molar-refractivity contribution in [1.29, 1.82) is 0 Å². The molecule has 2 aliphatic rings. The summed E-state index contributed by atoms with van der Waals surface area (Å²) in [4.78, 5) is 23.6. The van der Waals surface area contributed by atoms with Crippen LogP contribution in [0.4, 0.5) is 5.69 Å². The maximum Gasteiger partial charge on any atom is 0.248 e. The van der Waals surface area contributed by atoms with Gasteiger partial charge in [-0.1, -0.05) is 23.4 Å². The molecule has 2 aromatic heterocycles. The second-order valence-corrected chi connectivity index (χ2v) is 7.18. The molecule has 0 spiro atoms. The summed E-state index contributed by atoms with van der Waals surface area (Å²) in [7, 11) is 0. The van der Waals surface area contributed by atoms with Crippen LogP contribution in [0.2, 0.25) is 5.02 Å². The number of halogens is 1. The summed E-state index contributed by atoms with van der Waals surface area (Å²) < 4.78 is 0. The van der Waals surface area contributed by atoms with E-state index >= 15 is 0 Å². The van der Waals surface area contributed by atoms with E-state index in [1.54, 1.807) is 35.8 Å². The molecule has 8 heteroatoms. The van der Waals surface area contributed by atoms with E-state index in [2.05, 4.69) is 20.2 Å². The Labute approximate surface area is 145 Å². The first-order chi connectivity index (χ1) is 11.7. The van der Waals surface area contributed by atoms with Crippen LogP contribution in [0.15, 0.2) is 46.7 Å². The van der Waals surface area contributed by atoms with Crippen LogP contribution in [0.5, 0.6) is 0 Å². The van der Waals surface area contributed by atoms with Crippen molar-refractivity contribution in [2.24, 2.45) is 4.99 Å². The van der Waals surface area contributed by atoms with Crippen molar-refractivity contribution in [1.82, 2.24) is 15.2 Å². The molecule has 0 fully saturated rings. The number of fused-ring (bicyclic) bond motifs is 5. The Balaban J connectivity index is 1.59. The quantitative estimate of drug-likeness (QED) is 0.727. The summed E-state index contributed by atoms with van der Waals surface area (Å²) in [5.74, 6) is -0.00649. The van der Waals surface area contributed by atoms with Crippen LogP contribution in [0.1, 0.15) is 11.6 Å². The lowest BCUT2D eigenvalue weighted by molar-refractivity contribution is -0.117. The summed E-state index contributed by atoms with van der Waals surface area (Å²) in [6, 6.07) is 6.90. The molecule has 2 unspecified atom stereocenters. The predicted molar refractivity (Wildman–Crippen MR) is 93.7 cm³/mol. The van der Waals surface area contributed by atoms with Gasteiger partial charge >= 0.3 is 0 Å². The number of amides is 1. The van der Waals surface area contributed by atoms with Gasteiger partial charge in [0.25, 0.3) is 0 Å². The number of hydrogen-bond donors (Lipinski definition) is 1. The molecule has 5 rings (SSSR count). The number of aromatic nitrogens is 3. The number of H-pyrrole nitrogens is 1. The molecule has 6 nitrogen and oxygen atoms in total. The van der Waals surface area contributed by atoms with Gasteiger partial charge in [0.1, 0.15) is 16.3 Å². The minimum Gasteiger partial charge on any atom is -0.277 e. The predicted octanol–water partition coefficient (Wildman–Crippen LogP) is 3.20. The highest BCUT2D eigenvalue weighted by molar-refractivity contribution is 8.01. The van der Waals surface area contributed by atoms with Gasteiger partial charge in [-0.3, -0.25) is 19.8 Å². The molecule has 1 N–H and O–H groups in total. The summed E-state index contributed by atoms with van der Waals surface area (Å²) in [6.45, 7) is 0. The van der Waals surface area contributed by atoms with Crippen molar-refractivity contribution in [3.05, 3.63) is 47.2 Å². The van der Waals surface area contributed by atoms with Crippen molar-refractivity contribution in [2.75, 3.05) is 4.90 Å². The number of aliphatic imine (C=N–C) groups is 1. The Kier molecular flexibility index (Phi) is 2.95. The van der Waals surface area contributed by atoms with Gasteiger partial charge in [0, 0.05) is 27.9 Å². The summed E-state index contributed by atoms with van der Waals surface area (Å²) in [5, 5.41) is 9.15. The minimum absolute atomic E-state index is 0.00649. The second-order valence-electron chi connectivity index (χ2n) is 5.61. The van der Waals surface area contributed by atoms with Gasteiger partial charge in [0.15, 0.2) is 0 Å². The number of thioether (sulfide) groups is 1. The number of carbonyl (C=O) groups excluding carboxylic acids is 1. The molecule has 0 saturated heterocycles. The van der Waals surface area contributed by atoms with Gasteiger partial charge < -0.3 is 0 Å². The van der Waals surface area contributed by atoms with Crippen LogP contribution in [-0.2, 0) is 4.79 Å². The van der Waals surface area contributed by atoms with E-state index in [4.69, 9.17) is 11.6 Å². The standard InChI is InChI=1S/C16H10ClN5OS/c17-9-1-3-10(4-2-9)22-7-19-13-11-12-8(6-20-21-12)5-18-15(11)24-14(13)16(22)23/h1-7,13-14H,(H,20,21). The van der Waals surface area contributed by atoms with E-state index < -0.39 is 0 Å². The Morgan fingerprint density at radius 2 is 2.04 bits per heavy atom. The highest BCUT2D eigenvalue weighted by Crippen LogP contribution is 2.49. The van der Waals surface area contributed by atoms with E-state index in [0.717, 1.165) is 27.2 Å². The Morgan fingerprint density at radius 3 is 2.88 bits per heavy atom. The number of anilines is 1. The fraction of sp³-hybridized carbons (Fsp3) is 0.125. The number of aromatic amines is 1. The van der Waals surface area contributed by atoms with E-state index in [9.17, 15) is 4.79 Å². The Morgan fingerprint density at radius 1 is 1.21 bits per heavy atom. The molecular formula is C16H10ClN5OS. The normalized spacial score (nSPS) is 22.0. The molecule has 2 atom stereocenters. The minimum atomic E-state index is -0.318. The number of hydrogen-bond acceptors (Lipinski definition) is 5. The van der Waals surface area contributed by atoms with Crippen LogP contribution in [-0.4, -0.2) is 32.7 Å². The number of nitrogens with one attached hydrogen (secondary N) is 1. The van der Waals surface area contributed by atoms with Crippen LogP contribution in [0.3, 0.4) is 0 Å². The van der Waals surface area contributed by atoms with E-state index in [1.807, 2.05) is 12.1 Å². The lowest BCUT2D eigenvalue weighted by Gasteiger charge is -2.28. The van der Waals surface area contributed by atoms with Crippen molar-refractivity contribution in [3.63, 3.8) is 0 Å². The lowest BCUT2D eigenvalue weighted by Crippen LogP contribution is -2.41. The zero-order chi connectivity index (χ0) is 16.3. The van der Waals surface area contributed by atoms with Crippen LogP contribution in [0, 0.1) is 0 Å². The maximum atomic E-state index is 13.0. The first-order valence-electron chi connectivity index (χ1n) is 7.33. The van der Waals surface area contributed by atoms with Crippen molar-refractivity contribution in [3.8, 4) is 0 Å². The van der Waals surface area contributed by atoms with Gasteiger partial charge in [-0.05, 0) is 24.3 Å². The summed E-state index contributed by atoms with van der Waals surface area (Å²) >= 11 is 7.38. The molecule has 1 aromatic carbocycles. The highest BCUT2D eigenvalue weighted by Gasteiger charge is 2.44. The van der Waals surface area contributed by atoms with Crippen molar-refractivity contribution < 1.29 is 4.79 Å². The number of benzene rings is 1. The van der Waals surface area contributed by atoms with Crippen molar-refractivity contribution >= 4 is 52.2 Å². The van der Waals surface area contributed by atoms with Crippen LogP contribution >= 0.6 is 23.4 Å². The van der Waals surface area contributed by atoms with E-state index in [0.29, 0.717) is 5.02 Å². The average molecular weight is 356 g/mol. The van der Waals surface area contributed by atoms with E-state index in [1.165, 1.54) is 11.8 Å². The van der Waals surface area contributed by atoms with Gasteiger partial charge in [0.2, 0.25) is 5.91 Å². The third-order valence-electron chi connectivity index (χ3n) is 4.24. The third-order valence-corrected chi connectivity index (χ3v) is 5.75. The van der Waals surface area contributed by atoms with Gasteiger partial charge in [-0.25, -0.2) is 4.98 Å². The second kappa shape index (κ2) is 5.06. The van der Waals surface area contributed by atoms with Crippen molar-refractivity contribution in [2.45, 2.75) is 16.3 Å². The number of nitrogens with zero attached hydrogens (tertiary/aromatic N) is 4. The molecule has 118 valence electrons. The maximum absolute atomic E-state index is 13.0. The lowest BCUT2D eigenvalue weighted by atomic mass is 10.0. The number of pyridine rings is 1. The molecule has 0 bridgehead atoms. The first-order valence-corrected chi connectivity index (χ1v) is 8.59. The monoisotopic (exact) mass is 355 g/mol. The molecule has 2 aliphatic heterocycles. The summed E-state index contributed by atoms with van der Waals surface area (Å²) in [5.41, 5.74) is 2.62. The average Bonchev–Trinajstić information content (AvgIpc) is 3.20. The Hall–Kier alpha value is -2.38. The van der Waals surface area contributed by atoms with Crippen LogP contribution in [0.25, 0.3) is 10.9 Å². The van der Waals surface area contributed by atoms with E-state index in [-0.39, 0.29) is 17.2 Å². The number of rotatable bonds is 1. The Bertz CT molecular complexity index is 999. The van der Waals surface area contributed by atoms with Crippen LogP contribution < -0.4 is 4.90 Å².